The zero-order chi connectivity index (χ0) is 24.1. The van der Waals surface area contributed by atoms with Crippen LogP contribution in [0.4, 0.5) is 5.69 Å². The highest BCUT2D eigenvalue weighted by Gasteiger charge is 2.25. The summed E-state index contributed by atoms with van der Waals surface area (Å²) < 4.78 is 34.5. The Bertz CT molecular complexity index is 1510. The van der Waals surface area contributed by atoms with Gasteiger partial charge in [0.15, 0.2) is 0 Å². The molecule has 0 aliphatic heterocycles. The highest BCUT2D eigenvalue weighted by Crippen LogP contribution is 2.24. The van der Waals surface area contributed by atoms with Crippen molar-refractivity contribution in [2.45, 2.75) is 11.5 Å². The number of sulfonamides is 1. The van der Waals surface area contributed by atoms with E-state index in [0.29, 0.717) is 11.3 Å². The first-order valence-corrected chi connectivity index (χ1v) is 11.8. The summed E-state index contributed by atoms with van der Waals surface area (Å²) in [5.41, 5.74) is 0.953. The highest BCUT2D eigenvalue weighted by molar-refractivity contribution is 7.92. The van der Waals surface area contributed by atoms with Crippen LogP contribution in [-0.2, 0) is 21.4 Å². The second-order valence-corrected chi connectivity index (χ2v) is 9.14. The summed E-state index contributed by atoms with van der Waals surface area (Å²) in [5, 5.41) is 0. The SMILES string of the molecule is C=CCN(c1ccccc1)S(=O)(=O)c1cccc(C(=O)OCc2cc(=O)n3ccccc3n2)c1. The van der Waals surface area contributed by atoms with Crippen molar-refractivity contribution in [2.24, 2.45) is 0 Å². The van der Waals surface area contributed by atoms with Crippen LogP contribution in [0.25, 0.3) is 5.65 Å². The fourth-order valence-electron chi connectivity index (χ4n) is 3.36. The molecule has 0 atom stereocenters. The molecule has 0 aliphatic rings. The van der Waals surface area contributed by atoms with Gasteiger partial charge in [0.05, 0.1) is 28.4 Å². The molecule has 4 aromatic rings. The summed E-state index contributed by atoms with van der Waals surface area (Å²) in [6.07, 6.45) is 3.08. The summed E-state index contributed by atoms with van der Waals surface area (Å²) in [5.74, 6) is -0.734. The molecule has 34 heavy (non-hydrogen) atoms. The number of esters is 1. The van der Waals surface area contributed by atoms with E-state index in [1.807, 2.05) is 0 Å². The van der Waals surface area contributed by atoms with Gasteiger partial charge in [-0.15, -0.1) is 6.58 Å². The molecule has 0 saturated heterocycles. The minimum Gasteiger partial charge on any atom is -0.456 e. The Morgan fingerprint density at radius 3 is 2.56 bits per heavy atom. The maximum atomic E-state index is 13.3. The lowest BCUT2D eigenvalue weighted by atomic mass is 10.2. The Labute approximate surface area is 196 Å². The summed E-state index contributed by atoms with van der Waals surface area (Å²) in [6, 6.07) is 20.6. The van der Waals surface area contributed by atoms with Gasteiger partial charge in [0, 0.05) is 12.3 Å². The van der Waals surface area contributed by atoms with E-state index in [4.69, 9.17) is 4.74 Å². The molecule has 4 rings (SSSR count). The Morgan fingerprint density at radius 1 is 1.03 bits per heavy atom. The molecule has 0 N–H and O–H groups in total. The van der Waals surface area contributed by atoms with Crippen LogP contribution in [0.5, 0.6) is 0 Å². The number of para-hydroxylation sites is 1. The molecule has 0 fully saturated rings. The van der Waals surface area contributed by atoms with Crippen LogP contribution in [0.1, 0.15) is 16.1 Å². The molecule has 0 amide bonds. The van der Waals surface area contributed by atoms with Crippen molar-refractivity contribution in [1.29, 1.82) is 0 Å². The van der Waals surface area contributed by atoms with Crippen molar-refractivity contribution in [2.75, 3.05) is 10.8 Å². The molecule has 0 radical (unpaired) electrons. The van der Waals surface area contributed by atoms with Crippen molar-refractivity contribution >= 4 is 27.3 Å². The number of pyridine rings is 1. The number of carbonyl (C=O) groups is 1. The van der Waals surface area contributed by atoms with E-state index in [-0.39, 0.29) is 34.9 Å². The maximum absolute atomic E-state index is 13.3. The number of anilines is 1. The van der Waals surface area contributed by atoms with Gasteiger partial charge in [0.2, 0.25) is 0 Å². The van der Waals surface area contributed by atoms with E-state index in [2.05, 4.69) is 11.6 Å². The molecular formula is C25H21N3O5S. The van der Waals surface area contributed by atoms with Gasteiger partial charge in [0.1, 0.15) is 12.3 Å². The van der Waals surface area contributed by atoms with Crippen LogP contribution in [0.15, 0.2) is 107 Å². The topological polar surface area (TPSA) is 98.0 Å². The number of benzene rings is 2. The zero-order valence-electron chi connectivity index (χ0n) is 18.1. The Kier molecular flexibility index (Phi) is 6.55. The minimum atomic E-state index is -3.97. The van der Waals surface area contributed by atoms with Gasteiger partial charge in [0.25, 0.3) is 15.6 Å². The number of nitrogens with zero attached hydrogens (tertiary/aromatic N) is 3. The van der Waals surface area contributed by atoms with E-state index < -0.39 is 16.0 Å². The van der Waals surface area contributed by atoms with E-state index in [1.165, 1.54) is 45.1 Å². The lowest BCUT2D eigenvalue weighted by molar-refractivity contribution is 0.0467. The third-order valence-electron chi connectivity index (χ3n) is 4.97. The first-order valence-electron chi connectivity index (χ1n) is 10.3. The third-order valence-corrected chi connectivity index (χ3v) is 6.76. The normalized spacial score (nSPS) is 11.2. The van der Waals surface area contributed by atoms with Crippen molar-refractivity contribution in [1.82, 2.24) is 9.38 Å². The molecule has 172 valence electrons. The number of ether oxygens (including phenoxy) is 1. The third kappa shape index (κ3) is 4.74. The molecular weight excluding hydrogens is 454 g/mol. The van der Waals surface area contributed by atoms with E-state index >= 15 is 0 Å². The summed E-state index contributed by atoms with van der Waals surface area (Å²) in [6.45, 7) is 3.47. The lowest BCUT2D eigenvalue weighted by Gasteiger charge is -2.23. The van der Waals surface area contributed by atoms with Gasteiger partial charge in [-0.05, 0) is 42.5 Å². The van der Waals surface area contributed by atoms with Gasteiger partial charge in [-0.3, -0.25) is 13.5 Å². The largest absolute Gasteiger partial charge is 0.456 e. The first-order chi connectivity index (χ1) is 16.4. The van der Waals surface area contributed by atoms with Crippen molar-refractivity contribution in [3.63, 3.8) is 0 Å². The molecule has 0 spiro atoms. The van der Waals surface area contributed by atoms with Crippen LogP contribution in [0.3, 0.4) is 0 Å². The average Bonchev–Trinajstić information content (AvgIpc) is 2.86. The predicted molar refractivity (Wildman–Crippen MR) is 128 cm³/mol. The monoisotopic (exact) mass is 475 g/mol. The van der Waals surface area contributed by atoms with E-state index in [1.54, 1.807) is 54.7 Å². The first kappa shape index (κ1) is 22.9. The predicted octanol–water partition coefficient (Wildman–Crippen LogP) is 3.43. The van der Waals surface area contributed by atoms with Gasteiger partial charge in [-0.1, -0.05) is 36.4 Å². The summed E-state index contributed by atoms with van der Waals surface area (Å²) in [4.78, 5) is 29.1. The van der Waals surface area contributed by atoms with Crippen LogP contribution in [-0.4, -0.2) is 30.3 Å². The van der Waals surface area contributed by atoms with Gasteiger partial charge in [-0.25, -0.2) is 18.2 Å². The molecule has 0 aliphatic carbocycles. The van der Waals surface area contributed by atoms with Crippen molar-refractivity contribution in [3.05, 3.63) is 119 Å². The van der Waals surface area contributed by atoms with Crippen LogP contribution in [0, 0.1) is 0 Å². The number of hydrogen-bond donors (Lipinski definition) is 0. The molecule has 8 nitrogen and oxygen atoms in total. The Morgan fingerprint density at radius 2 is 1.79 bits per heavy atom. The standard InChI is InChI=1S/C25H21N3O5S/c1-2-14-28(21-10-4-3-5-11-21)34(31,32)22-12-8-9-19(16-22)25(30)33-18-20-17-24(29)27-15-7-6-13-23(27)26-20/h2-13,15-17H,1,14,18H2. The molecule has 2 aromatic heterocycles. The van der Waals surface area contributed by atoms with Crippen molar-refractivity contribution in [3.8, 4) is 0 Å². The van der Waals surface area contributed by atoms with E-state index in [0.717, 1.165) is 0 Å². The van der Waals surface area contributed by atoms with Crippen molar-refractivity contribution < 1.29 is 17.9 Å². The fourth-order valence-corrected chi connectivity index (χ4v) is 4.85. The van der Waals surface area contributed by atoms with E-state index in [9.17, 15) is 18.0 Å². The highest BCUT2D eigenvalue weighted by atomic mass is 32.2. The minimum absolute atomic E-state index is 0.0597. The summed E-state index contributed by atoms with van der Waals surface area (Å²) >= 11 is 0. The maximum Gasteiger partial charge on any atom is 0.338 e. The van der Waals surface area contributed by atoms with Gasteiger partial charge in [-0.2, -0.15) is 0 Å². The molecule has 9 heteroatoms. The average molecular weight is 476 g/mol. The number of carbonyl (C=O) groups excluding carboxylic acids is 1. The second-order valence-electron chi connectivity index (χ2n) is 7.28. The lowest BCUT2D eigenvalue weighted by Crippen LogP contribution is -2.31. The number of hydrogen-bond acceptors (Lipinski definition) is 6. The smallest absolute Gasteiger partial charge is 0.338 e. The molecule has 2 heterocycles. The molecule has 0 unspecified atom stereocenters. The fraction of sp³-hybridized carbons (Fsp3) is 0.0800. The molecule has 0 saturated carbocycles. The van der Waals surface area contributed by atoms with Gasteiger partial charge >= 0.3 is 5.97 Å². The molecule has 2 aromatic carbocycles. The summed E-state index contributed by atoms with van der Waals surface area (Å²) in [7, 11) is -3.97. The number of fused-ring (bicyclic) bond motifs is 1. The quantitative estimate of drug-likeness (QED) is 0.286. The van der Waals surface area contributed by atoms with Crippen LogP contribution >= 0.6 is 0 Å². The Balaban J connectivity index is 1.56. The number of rotatable bonds is 8. The van der Waals surface area contributed by atoms with Crippen LogP contribution in [0.2, 0.25) is 0 Å². The molecule has 0 bridgehead atoms. The van der Waals surface area contributed by atoms with Gasteiger partial charge < -0.3 is 4.74 Å². The second kappa shape index (κ2) is 9.72. The van der Waals surface area contributed by atoms with Crippen LogP contribution < -0.4 is 9.86 Å². The Hall–Kier alpha value is -4.24. The number of aromatic nitrogens is 2. The zero-order valence-corrected chi connectivity index (χ0v) is 18.9.